The molecule has 26 heavy (non-hydrogen) atoms. The molecule has 0 saturated carbocycles. The first kappa shape index (κ1) is 16.5. The molecule has 0 aliphatic heterocycles. The molecule has 130 valence electrons. The van der Waals surface area contributed by atoms with Gasteiger partial charge in [-0.25, -0.2) is 9.67 Å². The SMILES string of the molecule is CCOc1ccc(-c2csc(-c3nnn(-c4ccccc4)c3C)n2)cc1. The van der Waals surface area contributed by atoms with Crippen LogP contribution in [0, 0.1) is 6.92 Å². The highest BCUT2D eigenvalue weighted by Gasteiger charge is 2.16. The molecule has 0 unspecified atom stereocenters. The van der Waals surface area contributed by atoms with Gasteiger partial charge in [-0.15, -0.1) is 16.4 Å². The lowest BCUT2D eigenvalue weighted by molar-refractivity contribution is 0.340. The quantitative estimate of drug-likeness (QED) is 0.513. The summed E-state index contributed by atoms with van der Waals surface area (Å²) in [5, 5.41) is 11.6. The van der Waals surface area contributed by atoms with Crippen LogP contribution in [-0.2, 0) is 0 Å². The molecule has 6 heteroatoms. The maximum atomic E-state index is 5.49. The maximum Gasteiger partial charge on any atom is 0.146 e. The van der Waals surface area contributed by atoms with E-state index in [1.54, 1.807) is 11.3 Å². The minimum absolute atomic E-state index is 0.663. The highest BCUT2D eigenvalue weighted by atomic mass is 32.1. The van der Waals surface area contributed by atoms with Crippen molar-refractivity contribution in [1.82, 2.24) is 20.0 Å². The average Bonchev–Trinajstić information content (AvgIpc) is 3.30. The molecule has 2 aromatic heterocycles. The van der Waals surface area contributed by atoms with Gasteiger partial charge in [-0.1, -0.05) is 23.4 Å². The van der Waals surface area contributed by atoms with Crippen LogP contribution >= 0.6 is 11.3 Å². The highest BCUT2D eigenvalue weighted by Crippen LogP contribution is 2.30. The van der Waals surface area contributed by atoms with Crippen molar-refractivity contribution in [1.29, 1.82) is 0 Å². The molecular formula is C20H18N4OS. The average molecular weight is 362 g/mol. The number of hydrogen-bond donors (Lipinski definition) is 0. The summed E-state index contributed by atoms with van der Waals surface area (Å²) in [6.07, 6.45) is 0. The lowest BCUT2D eigenvalue weighted by Crippen LogP contribution is -1.98. The molecule has 0 radical (unpaired) electrons. The molecule has 0 aliphatic rings. The second-order valence-electron chi connectivity index (χ2n) is 5.77. The van der Waals surface area contributed by atoms with Gasteiger partial charge in [-0.3, -0.25) is 0 Å². The van der Waals surface area contributed by atoms with Crippen LogP contribution in [0.25, 0.3) is 27.6 Å². The highest BCUT2D eigenvalue weighted by molar-refractivity contribution is 7.13. The Labute approximate surface area is 155 Å². The van der Waals surface area contributed by atoms with Gasteiger partial charge in [0.25, 0.3) is 0 Å². The number of benzene rings is 2. The molecule has 0 fully saturated rings. The molecule has 0 N–H and O–H groups in total. The first-order valence-corrected chi connectivity index (χ1v) is 9.31. The van der Waals surface area contributed by atoms with Crippen LogP contribution in [0.15, 0.2) is 60.0 Å². The lowest BCUT2D eigenvalue weighted by Gasteiger charge is -2.03. The number of thiazole rings is 1. The largest absolute Gasteiger partial charge is 0.494 e. The van der Waals surface area contributed by atoms with Crippen LogP contribution in [-0.4, -0.2) is 26.6 Å². The molecule has 5 nitrogen and oxygen atoms in total. The van der Waals surface area contributed by atoms with Crippen molar-refractivity contribution >= 4 is 11.3 Å². The summed E-state index contributed by atoms with van der Waals surface area (Å²) in [4.78, 5) is 4.76. The van der Waals surface area contributed by atoms with Gasteiger partial charge in [-0.05, 0) is 50.2 Å². The molecule has 0 saturated heterocycles. The molecule has 0 spiro atoms. The summed E-state index contributed by atoms with van der Waals surface area (Å²) in [5.41, 5.74) is 4.78. The van der Waals surface area contributed by atoms with Crippen LogP contribution in [0.2, 0.25) is 0 Å². The Morgan fingerprint density at radius 1 is 1.04 bits per heavy atom. The molecule has 2 aromatic carbocycles. The summed E-state index contributed by atoms with van der Waals surface area (Å²) in [6, 6.07) is 18.0. The predicted octanol–water partition coefficient (Wildman–Crippen LogP) is 4.76. The van der Waals surface area contributed by atoms with Crippen LogP contribution in [0.4, 0.5) is 0 Å². The number of rotatable bonds is 5. The van der Waals surface area contributed by atoms with E-state index >= 15 is 0 Å². The van der Waals surface area contributed by atoms with Crippen molar-refractivity contribution < 1.29 is 4.74 Å². The van der Waals surface area contributed by atoms with Crippen LogP contribution in [0.3, 0.4) is 0 Å². The van der Waals surface area contributed by atoms with E-state index in [1.807, 2.05) is 78.5 Å². The molecular weight excluding hydrogens is 344 g/mol. The van der Waals surface area contributed by atoms with E-state index in [-0.39, 0.29) is 0 Å². The van der Waals surface area contributed by atoms with E-state index in [0.717, 1.165) is 39.1 Å². The number of nitrogens with zero attached hydrogens (tertiary/aromatic N) is 4. The topological polar surface area (TPSA) is 52.8 Å². The van der Waals surface area contributed by atoms with Gasteiger partial charge in [0, 0.05) is 10.9 Å². The van der Waals surface area contributed by atoms with Gasteiger partial charge in [0.05, 0.1) is 23.7 Å². The molecule has 0 aliphatic carbocycles. The fourth-order valence-electron chi connectivity index (χ4n) is 2.74. The lowest BCUT2D eigenvalue weighted by atomic mass is 10.2. The minimum atomic E-state index is 0.663. The molecule has 4 rings (SSSR count). The predicted molar refractivity (Wildman–Crippen MR) is 104 cm³/mol. The molecule has 0 amide bonds. The number of para-hydroxylation sites is 1. The zero-order valence-corrected chi connectivity index (χ0v) is 15.4. The molecule has 2 heterocycles. The van der Waals surface area contributed by atoms with Gasteiger partial charge < -0.3 is 4.74 Å². The Balaban J connectivity index is 1.63. The van der Waals surface area contributed by atoms with E-state index in [0.29, 0.717) is 6.61 Å². The summed E-state index contributed by atoms with van der Waals surface area (Å²) in [6.45, 7) is 4.66. The fraction of sp³-hybridized carbons (Fsp3) is 0.150. The Morgan fingerprint density at radius 3 is 2.54 bits per heavy atom. The van der Waals surface area contributed by atoms with E-state index in [4.69, 9.17) is 9.72 Å². The number of aromatic nitrogens is 4. The summed E-state index contributed by atoms with van der Waals surface area (Å²) < 4.78 is 7.33. The fourth-order valence-corrected chi connectivity index (χ4v) is 3.61. The van der Waals surface area contributed by atoms with Crippen molar-refractivity contribution in [3.63, 3.8) is 0 Å². The van der Waals surface area contributed by atoms with E-state index in [2.05, 4.69) is 10.3 Å². The zero-order chi connectivity index (χ0) is 17.9. The molecule has 4 aromatic rings. The van der Waals surface area contributed by atoms with Crippen molar-refractivity contribution in [2.75, 3.05) is 6.61 Å². The van der Waals surface area contributed by atoms with E-state index in [9.17, 15) is 0 Å². The first-order chi connectivity index (χ1) is 12.8. The van der Waals surface area contributed by atoms with Gasteiger partial charge in [0.15, 0.2) is 0 Å². The van der Waals surface area contributed by atoms with E-state index < -0.39 is 0 Å². The van der Waals surface area contributed by atoms with Crippen LogP contribution in [0.5, 0.6) is 5.75 Å². The van der Waals surface area contributed by atoms with Crippen molar-refractivity contribution in [3.05, 3.63) is 65.7 Å². The van der Waals surface area contributed by atoms with Gasteiger partial charge in [-0.2, -0.15) is 0 Å². The van der Waals surface area contributed by atoms with Crippen molar-refractivity contribution in [3.8, 4) is 33.4 Å². The normalized spacial score (nSPS) is 10.8. The Morgan fingerprint density at radius 2 is 1.81 bits per heavy atom. The van der Waals surface area contributed by atoms with Crippen LogP contribution in [0.1, 0.15) is 12.6 Å². The zero-order valence-electron chi connectivity index (χ0n) is 14.6. The third kappa shape index (κ3) is 3.11. The second-order valence-corrected chi connectivity index (χ2v) is 6.62. The third-order valence-corrected chi connectivity index (χ3v) is 4.91. The maximum absolute atomic E-state index is 5.49. The van der Waals surface area contributed by atoms with Gasteiger partial charge >= 0.3 is 0 Å². The van der Waals surface area contributed by atoms with Gasteiger partial charge in [0.1, 0.15) is 16.5 Å². The number of ether oxygens (including phenoxy) is 1. The smallest absolute Gasteiger partial charge is 0.146 e. The monoisotopic (exact) mass is 362 g/mol. The summed E-state index contributed by atoms with van der Waals surface area (Å²) in [7, 11) is 0. The Hall–Kier alpha value is -2.99. The first-order valence-electron chi connectivity index (χ1n) is 8.43. The summed E-state index contributed by atoms with van der Waals surface area (Å²) >= 11 is 1.58. The van der Waals surface area contributed by atoms with Gasteiger partial charge in [0.2, 0.25) is 0 Å². The minimum Gasteiger partial charge on any atom is -0.494 e. The molecule has 0 atom stereocenters. The van der Waals surface area contributed by atoms with Crippen molar-refractivity contribution in [2.24, 2.45) is 0 Å². The number of hydrogen-bond acceptors (Lipinski definition) is 5. The second kappa shape index (κ2) is 7.09. The molecule has 0 bridgehead atoms. The Kier molecular flexibility index (Phi) is 4.50. The third-order valence-electron chi connectivity index (χ3n) is 4.06. The summed E-state index contributed by atoms with van der Waals surface area (Å²) in [5.74, 6) is 0.869. The standard InChI is InChI=1S/C20H18N4OS/c1-3-25-17-11-9-15(10-12-17)18-13-26-20(21-18)19-14(2)24(23-22-19)16-7-5-4-6-8-16/h4-13H,3H2,1-2H3. The Bertz CT molecular complexity index is 1010. The van der Waals surface area contributed by atoms with Crippen molar-refractivity contribution in [2.45, 2.75) is 13.8 Å². The van der Waals surface area contributed by atoms with E-state index in [1.165, 1.54) is 0 Å². The van der Waals surface area contributed by atoms with Crippen LogP contribution < -0.4 is 4.74 Å².